The predicted octanol–water partition coefficient (Wildman–Crippen LogP) is 1.53. The van der Waals surface area contributed by atoms with Crippen molar-refractivity contribution in [2.75, 3.05) is 19.0 Å². The lowest BCUT2D eigenvalue weighted by Crippen LogP contribution is -2.43. The fourth-order valence-electron chi connectivity index (χ4n) is 0.917. The number of rotatable bonds is 5. The Hall–Kier alpha value is -0.770. The molecule has 2 N–H and O–H groups in total. The lowest BCUT2D eigenvalue weighted by Gasteiger charge is -2.21. The lowest BCUT2D eigenvalue weighted by atomic mass is 9.95. The fourth-order valence-corrected chi connectivity index (χ4v) is 1.04. The largest absolute Gasteiger partial charge is 0.354 e. The minimum absolute atomic E-state index is 0.0247. The standard InChI is InChI=1S/C12H23ClN2O2/c1-11(2,3)9(16)14-6-7-15-10(17)12(4,5)8-13/h6-8H2,1-5H3,(H,14,16)(H,15,17). The number of carbonyl (C=O) groups is 2. The van der Waals surface area contributed by atoms with Crippen LogP contribution < -0.4 is 10.6 Å². The zero-order valence-electron chi connectivity index (χ0n) is 11.3. The Morgan fingerprint density at radius 3 is 1.71 bits per heavy atom. The van der Waals surface area contributed by atoms with E-state index in [0.29, 0.717) is 13.1 Å². The minimum atomic E-state index is -0.574. The molecule has 0 unspecified atom stereocenters. The molecular weight excluding hydrogens is 240 g/mol. The molecule has 0 aliphatic rings. The van der Waals surface area contributed by atoms with Gasteiger partial charge in [0.05, 0.1) is 5.41 Å². The van der Waals surface area contributed by atoms with Crippen molar-refractivity contribution in [3.8, 4) is 0 Å². The summed E-state index contributed by atoms with van der Waals surface area (Å²) >= 11 is 5.68. The van der Waals surface area contributed by atoms with Gasteiger partial charge < -0.3 is 10.6 Å². The van der Waals surface area contributed by atoms with Crippen molar-refractivity contribution in [3.05, 3.63) is 0 Å². The number of nitrogens with one attached hydrogen (secondary N) is 2. The van der Waals surface area contributed by atoms with Crippen LogP contribution in [0, 0.1) is 10.8 Å². The molecule has 0 atom stereocenters. The highest BCUT2D eigenvalue weighted by Crippen LogP contribution is 2.16. The first-order valence-corrected chi connectivity index (χ1v) is 6.27. The summed E-state index contributed by atoms with van der Waals surface area (Å²) in [7, 11) is 0. The van der Waals surface area contributed by atoms with Gasteiger partial charge in [-0.1, -0.05) is 20.8 Å². The Bertz CT molecular complexity index is 283. The summed E-state index contributed by atoms with van der Waals surface area (Å²) in [5.74, 6) is 0.147. The van der Waals surface area contributed by atoms with Crippen molar-refractivity contribution in [3.63, 3.8) is 0 Å². The maximum atomic E-state index is 11.6. The van der Waals surface area contributed by atoms with Gasteiger partial charge in [-0.05, 0) is 13.8 Å². The van der Waals surface area contributed by atoms with Crippen LogP contribution in [0.15, 0.2) is 0 Å². The van der Waals surface area contributed by atoms with E-state index in [0.717, 1.165) is 0 Å². The van der Waals surface area contributed by atoms with E-state index in [1.54, 1.807) is 13.8 Å². The van der Waals surface area contributed by atoms with Crippen molar-refractivity contribution in [1.82, 2.24) is 10.6 Å². The van der Waals surface area contributed by atoms with E-state index in [4.69, 9.17) is 11.6 Å². The second-order valence-corrected chi connectivity index (χ2v) is 6.05. The second-order valence-electron chi connectivity index (χ2n) is 5.78. The van der Waals surface area contributed by atoms with E-state index in [1.165, 1.54) is 0 Å². The van der Waals surface area contributed by atoms with E-state index in [9.17, 15) is 9.59 Å². The summed E-state index contributed by atoms with van der Waals surface area (Å²) < 4.78 is 0. The monoisotopic (exact) mass is 262 g/mol. The first-order valence-electron chi connectivity index (χ1n) is 5.74. The van der Waals surface area contributed by atoms with Gasteiger partial charge >= 0.3 is 0 Å². The Morgan fingerprint density at radius 2 is 1.35 bits per heavy atom. The molecule has 0 aromatic heterocycles. The number of amides is 2. The van der Waals surface area contributed by atoms with Crippen molar-refractivity contribution in [2.45, 2.75) is 34.6 Å². The van der Waals surface area contributed by atoms with Crippen molar-refractivity contribution in [2.24, 2.45) is 10.8 Å². The molecule has 0 fully saturated rings. The van der Waals surface area contributed by atoms with Crippen LogP contribution in [0.25, 0.3) is 0 Å². The topological polar surface area (TPSA) is 58.2 Å². The predicted molar refractivity (Wildman–Crippen MR) is 70.0 cm³/mol. The minimum Gasteiger partial charge on any atom is -0.354 e. The van der Waals surface area contributed by atoms with Crippen LogP contribution in [-0.4, -0.2) is 30.8 Å². The van der Waals surface area contributed by atoms with Crippen LogP contribution in [0.1, 0.15) is 34.6 Å². The maximum Gasteiger partial charge on any atom is 0.226 e. The Balaban J connectivity index is 3.88. The third kappa shape index (κ3) is 5.91. The van der Waals surface area contributed by atoms with Gasteiger partial charge in [-0.15, -0.1) is 11.6 Å². The number of hydrogen-bond donors (Lipinski definition) is 2. The quantitative estimate of drug-likeness (QED) is 0.583. The van der Waals surface area contributed by atoms with Crippen LogP contribution in [0.4, 0.5) is 0 Å². The van der Waals surface area contributed by atoms with Crippen molar-refractivity contribution < 1.29 is 9.59 Å². The Kier molecular flexibility index (Phi) is 5.96. The molecule has 4 nitrogen and oxygen atoms in total. The maximum absolute atomic E-state index is 11.6. The molecular formula is C12H23ClN2O2. The smallest absolute Gasteiger partial charge is 0.226 e. The fraction of sp³-hybridized carbons (Fsp3) is 0.833. The molecule has 2 amide bonds. The van der Waals surface area contributed by atoms with Crippen LogP contribution in [0.5, 0.6) is 0 Å². The lowest BCUT2D eigenvalue weighted by molar-refractivity contribution is -0.130. The number of halogens is 1. The average molecular weight is 263 g/mol. The Labute approximate surface area is 108 Å². The summed E-state index contributed by atoms with van der Waals surface area (Å²) in [6.45, 7) is 9.94. The van der Waals surface area contributed by atoms with Crippen molar-refractivity contribution >= 4 is 23.4 Å². The van der Waals surface area contributed by atoms with E-state index in [1.807, 2.05) is 20.8 Å². The highest BCUT2D eigenvalue weighted by Gasteiger charge is 2.26. The highest BCUT2D eigenvalue weighted by atomic mass is 35.5. The molecule has 0 radical (unpaired) electrons. The molecule has 0 aliphatic heterocycles. The van der Waals surface area contributed by atoms with E-state index in [2.05, 4.69) is 10.6 Å². The molecule has 17 heavy (non-hydrogen) atoms. The van der Waals surface area contributed by atoms with Gasteiger partial charge in [0.25, 0.3) is 0 Å². The third-order valence-corrected chi connectivity index (χ3v) is 2.99. The first kappa shape index (κ1) is 16.2. The first-order chi connectivity index (χ1) is 7.61. The summed E-state index contributed by atoms with van der Waals surface area (Å²) in [5.41, 5.74) is -0.977. The molecule has 5 heteroatoms. The van der Waals surface area contributed by atoms with Gasteiger partial charge in [-0.3, -0.25) is 9.59 Å². The van der Waals surface area contributed by atoms with Gasteiger partial charge in [0, 0.05) is 24.4 Å². The number of alkyl halides is 1. The molecule has 0 saturated heterocycles. The normalized spacial score (nSPS) is 12.1. The third-order valence-electron chi connectivity index (χ3n) is 2.33. The molecule has 0 bridgehead atoms. The van der Waals surface area contributed by atoms with Gasteiger partial charge in [0.2, 0.25) is 11.8 Å². The summed E-state index contributed by atoms with van der Waals surface area (Å²) in [6, 6.07) is 0. The number of hydrogen-bond acceptors (Lipinski definition) is 2. The number of carbonyl (C=O) groups excluding carboxylic acids is 2. The zero-order valence-corrected chi connectivity index (χ0v) is 12.1. The zero-order chi connectivity index (χ0) is 13.7. The van der Waals surface area contributed by atoms with Gasteiger partial charge in [-0.2, -0.15) is 0 Å². The molecule has 0 aliphatic carbocycles. The Morgan fingerprint density at radius 1 is 0.941 bits per heavy atom. The summed E-state index contributed by atoms with van der Waals surface area (Å²) in [4.78, 5) is 23.1. The molecule has 0 saturated carbocycles. The van der Waals surface area contributed by atoms with Gasteiger partial charge in [0.1, 0.15) is 0 Å². The van der Waals surface area contributed by atoms with Gasteiger partial charge in [0.15, 0.2) is 0 Å². The molecule has 0 heterocycles. The molecule has 100 valence electrons. The van der Waals surface area contributed by atoms with E-state index < -0.39 is 10.8 Å². The highest BCUT2D eigenvalue weighted by molar-refractivity contribution is 6.19. The average Bonchev–Trinajstić information content (AvgIpc) is 2.22. The van der Waals surface area contributed by atoms with E-state index >= 15 is 0 Å². The van der Waals surface area contributed by atoms with Crippen LogP contribution in [-0.2, 0) is 9.59 Å². The van der Waals surface area contributed by atoms with E-state index in [-0.39, 0.29) is 17.7 Å². The van der Waals surface area contributed by atoms with Crippen LogP contribution >= 0.6 is 11.6 Å². The molecule has 0 aromatic carbocycles. The molecule has 0 spiro atoms. The summed E-state index contributed by atoms with van der Waals surface area (Å²) in [5, 5.41) is 5.50. The van der Waals surface area contributed by atoms with Gasteiger partial charge in [-0.25, -0.2) is 0 Å². The van der Waals surface area contributed by atoms with Crippen molar-refractivity contribution in [1.29, 1.82) is 0 Å². The molecule has 0 aromatic rings. The SMILES string of the molecule is CC(C)(C)C(=O)NCCNC(=O)C(C)(C)CCl. The second kappa shape index (κ2) is 6.24. The summed E-state index contributed by atoms with van der Waals surface area (Å²) in [6.07, 6.45) is 0. The molecule has 0 rings (SSSR count). The van der Waals surface area contributed by atoms with Crippen LogP contribution in [0.2, 0.25) is 0 Å². The van der Waals surface area contributed by atoms with Crippen LogP contribution in [0.3, 0.4) is 0 Å².